The van der Waals surface area contributed by atoms with E-state index in [9.17, 15) is 4.79 Å². The average Bonchev–Trinajstić information content (AvgIpc) is 2.13. The van der Waals surface area contributed by atoms with E-state index < -0.39 is 12.0 Å². The molecular weight excluding hydrogens is 260 g/mol. The maximum Gasteiger partial charge on any atom is 0.325 e. The van der Waals surface area contributed by atoms with Crippen LogP contribution in [0.25, 0.3) is 0 Å². The van der Waals surface area contributed by atoms with Gasteiger partial charge < -0.3 is 10.4 Å². The lowest BCUT2D eigenvalue weighted by Gasteiger charge is -2.12. The Balaban J connectivity index is 2.95. The van der Waals surface area contributed by atoms with Crippen LogP contribution in [0.3, 0.4) is 0 Å². The Kier molecular flexibility index (Phi) is 4.08. The van der Waals surface area contributed by atoms with Gasteiger partial charge in [-0.3, -0.25) is 4.79 Å². The van der Waals surface area contributed by atoms with E-state index >= 15 is 0 Å². The van der Waals surface area contributed by atoms with E-state index in [2.05, 4.69) is 5.32 Å². The summed E-state index contributed by atoms with van der Waals surface area (Å²) in [4.78, 5) is 10.6. The molecule has 0 saturated carbocycles. The highest BCUT2D eigenvalue weighted by Gasteiger charge is 2.13. The average molecular weight is 269 g/mol. The molecule has 0 unspecified atom stereocenters. The van der Waals surface area contributed by atoms with Gasteiger partial charge in [-0.05, 0) is 19.1 Å². The molecule has 15 heavy (non-hydrogen) atoms. The highest BCUT2D eigenvalue weighted by Crippen LogP contribution is 2.32. The molecule has 1 atom stereocenters. The number of halogens is 3. The van der Waals surface area contributed by atoms with Gasteiger partial charge in [0.15, 0.2) is 0 Å². The maximum absolute atomic E-state index is 10.6. The largest absolute Gasteiger partial charge is 0.480 e. The third-order valence-electron chi connectivity index (χ3n) is 1.75. The summed E-state index contributed by atoms with van der Waals surface area (Å²) in [5.74, 6) is -0.975. The predicted molar refractivity (Wildman–Crippen MR) is 62.2 cm³/mol. The van der Waals surface area contributed by atoms with Crippen molar-refractivity contribution in [1.29, 1.82) is 0 Å². The van der Waals surface area contributed by atoms with Gasteiger partial charge in [-0.25, -0.2) is 0 Å². The number of carboxylic acid groups (broad SMARTS) is 1. The molecule has 0 amide bonds. The standard InChI is InChI=1S/C9H8Cl3NO2/c1-4(9(14)15)13-8-3-6(11)5(10)2-7(8)12/h2-4,13H,1H3,(H,14,15)/t4-/m1/s1. The Morgan fingerprint density at radius 1 is 1.27 bits per heavy atom. The first-order valence-electron chi connectivity index (χ1n) is 4.05. The lowest BCUT2D eigenvalue weighted by atomic mass is 10.2. The van der Waals surface area contributed by atoms with Crippen LogP contribution >= 0.6 is 34.8 Å². The summed E-state index contributed by atoms with van der Waals surface area (Å²) in [6.07, 6.45) is 0. The van der Waals surface area contributed by atoms with Gasteiger partial charge in [0.25, 0.3) is 0 Å². The Morgan fingerprint density at radius 3 is 2.33 bits per heavy atom. The topological polar surface area (TPSA) is 49.3 Å². The third kappa shape index (κ3) is 3.16. The van der Waals surface area contributed by atoms with E-state index in [1.165, 1.54) is 19.1 Å². The molecule has 0 aromatic heterocycles. The second kappa shape index (κ2) is 4.92. The van der Waals surface area contributed by atoms with Gasteiger partial charge in [0.1, 0.15) is 6.04 Å². The van der Waals surface area contributed by atoms with Crippen LogP contribution in [0.1, 0.15) is 6.92 Å². The SMILES string of the molecule is C[C@@H](Nc1cc(Cl)c(Cl)cc1Cl)C(=O)O. The number of aliphatic carboxylic acids is 1. The van der Waals surface area contributed by atoms with Gasteiger partial charge in [0.05, 0.1) is 20.8 Å². The van der Waals surface area contributed by atoms with Crippen molar-refractivity contribution in [3.05, 3.63) is 27.2 Å². The van der Waals surface area contributed by atoms with Crippen LogP contribution in [-0.4, -0.2) is 17.1 Å². The number of carbonyl (C=O) groups is 1. The van der Waals surface area contributed by atoms with Crippen molar-refractivity contribution in [3.63, 3.8) is 0 Å². The number of anilines is 1. The fraction of sp³-hybridized carbons (Fsp3) is 0.222. The smallest absolute Gasteiger partial charge is 0.325 e. The molecular formula is C9H8Cl3NO2. The molecule has 0 saturated heterocycles. The summed E-state index contributed by atoms with van der Waals surface area (Å²) in [6.45, 7) is 1.50. The Bertz CT molecular complexity index is 395. The first-order chi connectivity index (χ1) is 6.91. The molecule has 0 spiro atoms. The highest BCUT2D eigenvalue weighted by atomic mass is 35.5. The van der Waals surface area contributed by atoms with E-state index in [4.69, 9.17) is 39.9 Å². The minimum absolute atomic E-state index is 0.321. The summed E-state index contributed by atoms with van der Waals surface area (Å²) in [5, 5.41) is 12.4. The third-order valence-corrected chi connectivity index (χ3v) is 2.79. The van der Waals surface area contributed by atoms with Crippen molar-refractivity contribution < 1.29 is 9.90 Å². The van der Waals surface area contributed by atoms with E-state index in [0.29, 0.717) is 20.8 Å². The van der Waals surface area contributed by atoms with Crippen molar-refractivity contribution in [3.8, 4) is 0 Å². The second-order valence-corrected chi connectivity index (χ2v) is 4.17. The normalized spacial score (nSPS) is 12.3. The summed E-state index contributed by atoms with van der Waals surface area (Å²) in [5.41, 5.74) is 0.445. The maximum atomic E-state index is 10.6. The summed E-state index contributed by atoms with van der Waals surface area (Å²) < 4.78 is 0. The van der Waals surface area contributed by atoms with Crippen LogP contribution in [0.2, 0.25) is 15.1 Å². The lowest BCUT2D eigenvalue weighted by molar-refractivity contribution is -0.137. The van der Waals surface area contributed by atoms with Gasteiger partial charge >= 0.3 is 5.97 Å². The fourth-order valence-corrected chi connectivity index (χ4v) is 1.53. The first kappa shape index (κ1) is 12.4. The van der Waals surface area contributed by atoms with Crippen molar-refractivity contribution in [1.82, 2.24) is 0 Å². The van der Waals surface area contributed by atoms with Crippen LogP contribution in [0, 0.1) is 0 Å². The van der Waals surface area contributed by atoms with Crippen molar-refractivity contribution in [2.75, 3.05) is 5.32 Å². The van der Waals surface area contributed by atoms with E-state index in [1.54, 1.807) is 0 Å². The molecule has 0 aliphatic rings. The molecule has 0 fully saturated rings. The Morgan fingerprint density at radius 2 is 1.80 bits per heavy atom. The van der Waals surface area contributed by atoms with Crippen molar-refractivity contribution in [2.24, 2.45) is 0 Å². The minimum atomic E-state index is -0.975. The number of hydrogen-bond donors (Lipinski definition) is 2. The Labute approximate surface area is 102 Å². The molecule has 0 aliphatic heterocycles. The zero-order valence-electron chi connectivity index (χ0n) is 7.72. The zero-order valence-corrected chi connectivity index (χ0v) is 9.99. The summed E-state index contributed by atoms with van der Waals surface area (Å²) in [6, 6.07) is 2.20. The van der Waals surface area contributed by atoms with Crippen LogP contribution in [-0.2, 0) is 4.79 Å². The molecule has 1 rings (SSSR count). The molecule has 1 aromatic carbocycles. The molecule has 1 aromatic rings. The second-order valence-electron chi connectivity index (χ2n) is 2.95. The van der Waals surface area contributed by atoms with Crippen molar-refractivity contribution >= 4 is 46.5 Å². The number of nitrogens with one attached hydrogen (secondary N) is 1. The Hall–Kier alpha value is -0.640. The summed E-state index contributed by atoms with van der Waals surface area (Å²) >= 11 is 17.3. The van der Waals surface area contributed by atoms with E-state index in [1.807, 2.05) is 0 Å². The molecule has 2 N–H and O–H groups in total. The first-order valence-corrected chi connectivity index (χ1v) is 5.19. The van der Waals surface area contributed by atoms with Gasteiger partial charge in [-0.15, -0.1) is 0 Å². The van der Waals surface area contributed by atoms with Crippen LogP contribution in [0.5, 0.6) is 0 Å². The lowest BCUT2D eigenvalue weighted by Crippen LogP contribution is -2.25. The van der Waals surface area contributed by atoms with Crippen LogP contribution in [0.15, 0.2) is 12.1 Å². The van der Waals surface area contributed by atoms with Crippen molar-refractivity contribution in [2.45, 2.75) is 13.0 Å². The zero-order chi connectivity index (χ0) is 11.6. The molecule has 0 radical (unpaired) electrons. The quantitative estimate of drug-likeness (QED) is 0.825. The molecule has 0 heterocycles. The minimum Gasteiger partial charge on any atom is -0.480 e. The molecule has 6 heteroatoms. The van der Waals surface area contributed by atoms with Gasteiger partial charge in [-0.2, -0.15) is 0 Å². The predicted octanol–water partition coefficient (Wildman–Crippen LogP) is 3.53. The number of hydrogen-bond acceptors (Lipinski definition) is 2. The molecule has 0 aliphatic carbocycles. The highest BCUT2D eigenvalue weighted by molar-refractivity contribution is 6.44. The molecule has 82 valence electrons. The number of carboxylic acids is 1. The monoisotopic (exact) mass is 267 g/mol. The molecule has 3 nitrogen and oxygen atoms in total. The van der Waals surface area contributed by atoms with Gasteiger partial charge in [0, 0.05) is 0 Å². The van der Waals surface area contributed by atoms with Crippen LogP contribution in [0.4, 0.5) is 5.69 Å². The number of benzene rings is 1. The van der Waals surface area contributed by atoms with E-state index in [-0.39, 0.29) is 0 Å². The van der Waals surface area contributed by atoms with Gasteiger partial charge in [-0.1, -0.05) is 34.8 Å². The fourth-order valence-electron chi connectivity index (χ4n) is 0.928. The van der Waals surface area contributed by atoms with Gasteiger partial charge in [0.2, 0.25) is 0 Å². The van der Waals surface area contributed by atoms with Crippen LogP contribution < -0.4 is 5.32 Å². The van der Waals surface area contributed by atoms with E-state index in [0.717, 1.165) is 0 Å². The summed E-state index contributed by atoms with van der Waals surface area (Å²) in [7, 11) is 0. The molecule has 0 bridgehead atoms. The number of rotatable bonds is 3.